The van der Waals surface area contributed by atoms with Crippen molar-refractivity contribution < 1.29 is 19.1 Å². The molecule has 0 saturated carbocycles. The molecule has 5 heteroatoms. The summed E-state index contributed by atoms with van der Waals surface area (Å²) in [5.41, 5.74) is 3.45. The van der Waals surface area contributed by atoms with Crippen molar-refractivity contribution in [2.24, 2.45) is 0 Å². The average molecular weight is 373 g/mol. The summed E-state index contributed by atoms with van der Waals surface area (Å²) < 4.78 is 11.7. The van der Waals surface area contributed by atoms with Gasteiger partial charge in [0.05, 0.1) is 5.92 Å². The van der Waals surface area contributed by atoms with Crippen LogP contribution in [-0.4, -0.2) is 11.1 Å². The van der Waals surface area contributed by atoms with E-state index < -0.39 is 11.9 Å². The summed E-state index contributed by atoms with van der Waals surface area (Å²) in [4.78, 5) is 11.3. The maximum atomic E-state index is 11.3. The van der Waals surface area contributed by atoms with Gasteiger partial charge in [-0.1, -0.05) is 24.6 Å². The Bertz CT molecular complexity index is 958. The lowest BCUT2D eigenvalue weighted by atomic mass is 9.94. The Morgan fingerprint density at radius 3 is 2.69 bits per heavy atom. The zero-order valence-corrected chi connectivity index (χ0v) is 15.8. The molecule has 0 aliphatic carbocycles. The molecule has 1 atom stereocenters. The molecule has 26 heavy (non-hydrogen) atoms. The molecular formula is C21H21ClO4. The lowest BCUT2D eigenvalue weighted by molar-refractivity contribution is -0.138. The van der Waals surface area contributed by atoms with Gasteiger partial charge in [0.25, 0.3) is 0 Å². The zero-order valence-electron chi connectivity index (χ0n) is 15.0. The number of rotatable bonds is 6. The van der Waals surface area contributed by atoms with Crippen LogP contribution in [0, 0.1) is 6.92 Å². The quantitative estimate of drug-likeness (QED) is 0.600. The van der Waals surface area contributed by atoms with Crippen LogP contribution in [0.4, 0.5) is 0 Å². The summed E-state index contributed by atoms with van der Waals surface area (Å²) in [6, 6.07) is 11.2. The highest BCUT2D eigenvalue weighted by atomic mass is 35.5. The van der Waals surface area contributed by atoms with Gasteiger partial charge in [-0.15, -0.1) is 0 Å². The van der Waals surface area contributed by atoms with Crippen LogP contribution >= 0.6 is 11.6 Å². The fourth-order valence-corrected chi connectivity index (χ4v) is 3.37. The Labute approximate surface area is 157 Å². The third-order valence-corrected chi connectivity index (χ3v) is 4.73. The molecule has 0 aliphatic heterocycles. The number of ether oxygens (including phenoxy) is 1. The van der Waals surface area contributed by atoms with Crippen LogP contribution in [0.3, 0.4) is 0 Å². The third-order valence-electron chi connectivity index (χ3n) is 4.51. The topological polar surface area (TPSA) is 59.7 Å². The highest BCUT2D eigenvalue weighted by Crippen LogP contribution is 2.29. The van der Waals surface area contributed by atoms with Crippen molar-refractivity contribution in [3.05, 3.63) is 63.9 Å². The minimum absolute atomic E-state index is 0.320. The molecule has 1 unspecified atom stereocenters. The van der Waals surface area contributed by atoms with Gasteiger partial charge in [-0.25, -0.2) is 0 Å². The molecule has 0 radical (unpaired) electrons. The molecule has 0 fully saturated rings. The van der Waals surface area contributed by atoms with Gasteiger partial charge in [0.15, 0.2) is 0 Å². The zero-order chi connectivity index (χ0) is 18.8. The first kappa shape index (κ1) is 18.3. The molecule has 0 saturated heterocycles. The lowest BCUT2D eigenvalue weighted by Crippen LogP contribution is -2.10. The maximum absolute atomic E-state index is 11.3. The van der Waals surface area contributed by atoms with E-state index in [1.807, 2.05) is 50.2 Å². The minimum Gasteiger partial charge on any atom is -0.489 e. The normalized spacial score (nSPS) is 12.3. The highest BCUT2D eigenvalue weighted by molar-refractivity contribution is 6.31. The van der Waals surface area contributed by atoms with E-state index in [9.17, 15) is 9.90 Å². The molecule has 0 bridgehead atoms. The smallest absolute Gasteiger partial charge is 0.310 e. The number of aryl methyl sites for hydroxylation is 2. The summed E-state index contributed by atoms with van der Waals surface area (Å²) in [6.07, 6.45) is 0.739. The molecular weight excluding hydrogens is 352 g/mol. The number of benzene rings is 2. The Kier molecular flexibility index (Phi) is 5.23. The molecule has 136 valence electrons. The molecule has 2 aromatic carbocycles. The second-order valence-corrected chi connectivity index (χ2v) is 6.84. The van der Waals surface area contributed by atoms with E-state index >= 15 is 0 Å². The predicted octanol–water partition coefficient (Wildman–Crippen LogP) is 5.72. The second kappa shape index (κ2) is 7.42. The van der Waals surface area contributed by atoms with Gasteiger partial charge in [-0.2, -0.15) is 0 Å². The first-order valence-corrected chi connectivity index (χ1v) is 8.93. The van der Waals surface area contributed by atoms with Crippen molar-refractivity contribution in [1.29, 1.82) is 0 Å². The summed E-state index contributed by atoms with van der Waals surface area (Å²) in [5, 5.41) is 10.8. The van der Waals surface area contributed by atoms with Crippen molar-refractivity contribution in [2.45, 2.75) is 39.7 Å². The third kappa shape index (κ3) is 3.70. The maximum Gasteiger partial charge on any atom is 0.310 e. The molecule has 0 amide bonds. The Morgan fingerprint density at radius 1 is 1.23 bits per heavy atom. The number of carboxylic acid groups (broad SMARTS) is 1. The van der Waals surface area contributed by atoms with Crippen molar-refractivity contribution in [3.63, 3.8) is 0 Å². The average Bonchev–Trinajstić information content (AvgIpc) is 2.98. The summed E-state index contributed by atoms with van der Waals surface area (Å²) in [5.74, 6) is 0.143. The number of furan rings is 1. The first-order chi connectivity index (χ1) is 12.4. The number of fused-ring (bicyclic) bond motifs is 1. The molecule has 3 aromatic rings. The Hall–Kier alpha value is -2.46. The Morgan fingerprint density at radius 2 is 2.00 bits per heavy atom. The van der Waals surface area contributed by atoms with Gasteiger partial charge in [0.2, 0.25) is 0 Å². The standard InChI is InChI=1S/C21H21ClO4/c1-4-14-10-18(5-6-19(14)13(3)21(23)24)25-11-16-9-17(22)8-15-7-12(2)26-20(15)16/h5-10,13H,4,11H2,1-3H3,(H,23,24). The van der Waals surface area contributed by atoms with Crippen LogP contribution < -0.4 is 4.74 Å². The minimum atomic E-state index is -0.831. The number of halogens is 1. The number of hydrogen-bond donors (Lipinski definition) is 1. The van der Waals surface area contributed by atoms with Gasteiger partial charge in [0.1, 0.15) is 23.7 Å². The number of hydrogen-bond acceptors (Lipinski definition) is 3. The summed E-state index contributed by atoms with van der Waals surface area (Å²) >= 11 is 6.19. The molecule has 1 N–H and O–H groups in total. The summed E-state index contributed by atoms with van der Waals surface area (Å²) in [6.45, 7) is 5.91. The van der Waals surface area contributed by atoms with Gasteiger partial charge < -0.3 is 14.3 Å². The Balaban J connectivity index is 1.85. The van der Waals surface area contributed by atoms with E-state index in [1.54, 1.807) is 6.92 Å². The first-order valence-electron chi connectivity index (χ1n) is 8.56. The van der Waals surface area contributed by atoms with Crippen LogP contribution in [0.1, 0.15) is 42.2 Å². The predicted molar refractivity (Wildman–Crippen MR) is 102 cm³/mol. The van der Waals surface area contributed by atoms with E-state index in [0.717, 1.165) is 39.8 Å². The van der Waals surface area contributed by atoms with Crippen molar-refractivity contribution >= 4 is 28.5 Å². The molecule has 3 rings (SSSR count). The van der Waals surface area contributed by atoms with Gasteiger partial charge in [-0.3, -0.25) is 4.79 Å². The van der Waals surface area contributed by atoms with Crippen molar-refractivity contribution in [2.75, 3.05) is 0 Å². The van der Waals surface area contributed by atoms with E-state index in [0.29, 0.717) is 17.4 Å². The van der Waals surface area contributed by atoms with E-state index in [-0.39, 0.29) is 0 Å². The van der Waals surface area contributed by atoms with E-state index in [1.165, 1.54) is 0 Å². The number of carbonyl (C=O) groups is 1. The molecule has 1 aromatic heterocycles. The fraction of sp³-hybridized carbons (Fsp3) is 0.286. The van der Waals surface area contributed by atoms with Gasteiger partial charge in [0, 0.05) is 16.0 Å². The number of carboxylic acids is 1. The van der Waals surface area contributed by atoms with Crippen LogP contribution in [0.25, 0.3) is 11.0 Å². The van der Waals surface area contributed by atoms with Crippen LogP contribution in [0.2, 0.25) is 5.02 Å². The SMILES string of the molecule is CCc1cc(OCc2cc(Cl)cc3cc(C)oc23)ccc1C(C)C(=O)O. The molecule has 0 spiro atoms. The van der Waals surface area contributed by atoms with Gasteiger partial charge in [-0.05, 0) is 61.7 Å². The van der Waals surface area contributed by atoms with E-state index in [4.69, 9.17) is 20.8 Å². The second-order valence-electron chi connectivity index (χ2n) is 6.40. The van der Waals surface area contributed by atoms with Crippen LogP contribution in [0.15, 0.2) is 40.8 Å². The lowest BCUT2D eigenvalue weighted by Gasteiger charge is -2.14. The summed E-state index contributed by atoms with van der Waals surface area (Å²) in [7, 11) is 0. The van der Waals surface area contributed by atoms with Crippen molar-refractivity contribution in [3.8, 4) is 5.75 Å². The van der Waals surface area contributed by atoms with Gasteiger partial charge >= 0.3 is 5.97 Å². The van der Waals surface area contributed by atoms with Crippen LogP contribution in [-0.2, 0) is 17.8 Å². The van der Waals surface area contributed by atoms with E-state index in [2.05, 4.69) is 0 Å². The fourth-order valence-electron chi connectivity index (χ4n) is 3.12. The molecule has 4 nitrogen and oxygen atoms in total. The monoisotopic (exact) mass is 372 g/mol. The van der Waals surface area contributed by atoms with Crippen molar-refractivity contribution in [1.82, 2.24) is 0 Å². The largest absolute Gasteiger partial charge is 0.489 e. The molecule has 1 heterocycles. The highest BCUT2D eigenvalue weighted by Gasteiger charge is 2.17. The number of aliphatic carboxylic acids is 1. The molecule has 0 aliphatic rings. The van der Waals surface area contributed by atoms with Crippen LogP contribution in [0.5, 0.6) is 5.75 Å².